The highest BCUT2D eigenvalue weighted by molar-refractivity contribution is 9.11. The molecule has 1 amide bonds. The predicted octanol–water partition coefficient (Wildman–Crippen LogP) is 6.23. The molecule has 0 atom stereocenters. The molecule has 0 radical (unpaired) electrons. The third-order valence-corrected chi connectivity index (χ3v) is 3.63. The monoisotopic (exact) mass is 453 g/mol. The van der Waals surface area contributed by atoms with Crippen molar-refractivity contribution in [1.29, 1.82) is 0 Å². The van der Waals surface area contributed by atoms with Gasteiger partial charge in [-0.15, -0.1) is 5.73 Å². The maximum Gasteiger partial charge on any atom is 0.410 e. The molecule has 0 saturated carbocycles. The Hall–Kier alpha value is -0.640. The van der Waals surface area contributed by atoms with Crippen LogP contribution in [0.3, 0.4) is 0 Å². The van der Waals surface area contributed by atoms with Gasteiger partial charge < -0.3 is 9.64 Å². The summed E-state index contributed by atoms with van der Waals surface area (Å²) in [5, 5.41) is 0. The number of carbonyl (C=O) groups excluding carboxylic acids is 1. The number of carbonyl (C=O) groups is 1. The molecule has 1 aromatic carbocycles. The minimum absolute atomic E-state index is 0.277. The molecule has 24 heavy (non-hydrogen) atoms. The molecular formula is C17H19BrCl3NO2. The Morgan fingerprint density at radius 1 is 1.25 bits per heavy atom. The van der Waals surface area contributed by atoms with E-state index in [0.717, 1.165) is 24.8 Å². The van der Waals surface area contributed by atoms with E-state index in [2.05, 4.69) is 21.7 Å². The molecule has 7 heteroatoms. The summed E-state index contributed by atoms with van der Waals surface area (Å²) in [6.45, 7) is 0.747. The normalized spacial score (nSPS) is 10.7. The molecule has 0 aliphatic rings. The summed E-state index contributed by atoms with van der Waals surface area (Å²) in [5.74, 6) is 0. The van der Waals surface area contributed by atoms with E-state index in [-0.39, 0.29) is 6.61 Å². The average molecular weight is 456 g/mol. The van der Waals surface area contributed by atoms with E-state index in [1.54, 1.807) is 9.89 Å². The van der Waals surface area contributed by atoms with Crippen LogP contribution in [0.5, 0.6) is 0 Å². The van der Waals surface area contributed by atoms with E-state index in [4.69, 9.17) is 39.5 Å². The number of benzene rings is 1. The largest absolute Gasteiger partial charge is 0.445 e. The first-order valence-electron chi connectivity index (χ1n) is 7.44. The lowest BCUT2D eigenvalue weighted by Gasteiger charge is -2.23. The fourth-order valence-corrected chi connectivity index (χ4v) is 2.30. The van der Waals surface area contributed by atoms with Gasteiger partial charge in [-0.2, -0.15) is 0 Å². The van der Waals surface area contributed by atoms with Crippen molar-refractivity contribution in [2.75, 3.05) is 13.2 Å². The lowest BCUT2D eigenvalue weighted by Crippen LogP contribution is -2.34. The number of unbranched alkanes of at least 4 members (excludes halogenated alkanes) is 2. The Bertz CT molecular complexity index is 555. The highest BCUT2D eigenvalue weighted by atomic mass is 79.9. The number of hydrogen-bond acceptors (Lipinski definition) is 2. The first kappa shape index (κ1) is 21.4. The Labute approximate surface area is 166 Å². The molecule has 1 rings (SSSR count). The Balaban J connectivity index is 2.58. The van der Waals surface area contributed by atoms with Crippen molar-refractivity contribution in [3.63, 3.8) is 0 Å². The van der Waals surface area contributed by atoms with E-state index in [1.165, 1.54) is 0 Å². The summed E-state index contributed by atoms with van der Waals surface area (Å²) in [7, 11) is 0. The van der Waals surface area contributed by atoms with Crippen molar-refractivity contribution >= 4 is 56.8 Å². The summed E-state index contributed by atoms with van der Waals surface area (Å²) in [4.78, 5) is 15.6. The van der Waals surface area contributed by atoms with Gasteiger partial charge in [-0.25, -0.2) is 4.79 Å². The number of hydrogen-bond donors (Lipinski definition) is 0. The van der Waals surface area contributed by atoms with Crippen molar-refractivity contribution in [1.82, 2.24) is 4.90 Å². The van der Waals surface area contributed by atoms with Crippen molar-refractivity contribution < 1.29 is 9.53 Å². The van der Waals surface area contributed by atoms with Gasteiger partial charge in [0.15, 0.2) is 0 Å². The van der Waals surface area contributed by atoms with Gasteiger partial charge in [-0.1, -0.05) is 81.1 Å². The van der Waals surface area contributed by atoms with Crippen LogP contribution in [0.25, 0.3) is 0 Å². The van der Waals surface area contributed by atoms with Gasteiger partial charge >= 0.3 is 6.09 Å². The van der Waals surface area contributed by atoms with Crippen LogP contribution in [-0.4, -0.2) is 27.9 Å². The van der Waals surface area contributed by atoms with Gasteiger partial charge in [0, 0.05) is 18.1 Å². The van der Waals surface area contributed by atoms with Crippen LogP contribution in [-0.2, 0) is 11.3 Å². The van der Waals surface area contributed by atoms with Crippen LogP contribution in [0.1, 0.15) is 24.8 Å². The van der Waals surface area contributed by atoms with Gasteiger partial charge in [-0.05, 0) is 30.9 Å². The molecule has 0 N–H and O–H groups in total. The quantitative estimate of drug-likeness (QED) is 0.264. The molecule has 0 saturated heterocycles. The molecule has 0 bridgehead atoms. The average Bonchev–Trinajstić information content (AvgIpc) is 2.55. The van der Waals surface area contributed by atoms with Crippen molar-refractivity contribution in [3.05, 3.63) is 52.7 Å². The predicted molar refractivity (Wildman–Crippen MR) is 104 cm³/mol. The molecule has 3 nitrogen and oxygen atoms in total. The second-order valence-corrected chi connectivity index (χ2v) is 8.03. The van der Waals surface area contributed by atoms with E-state index in [0.29, 0.717) is 13.1 Å². The number of allylic oxidation sites excluding steroid dienone is 1. The molecule has 0 fully saturated rings. The van der Waals surface area contributed by atoms with Gasteiger partial charge in [0.05, 0.1) is 0 Å². The van der Waals surface area contributed by atoms with Crippen LogP contribution in [0.4, 0.5) is 4.79 Å². The second kappa shape index (κ2) is 11.8. The molecule has 0 heterocycles. The Morgan fingerprint density at radius 2 is 1.96 bits per heavy atom. The summed E-state index contributed by atoms with van der Waals surface area (Å²) >= 11 is 20.1. The molecule has 0 aliphatic heterocycles. The zero-order valence-electron chi connectivity index (χ0n) is 13.1. The molecule has 0 aromatic heterocycles. The maximum atomic E-state index is 12.3. The minimum Gasteiger partial charge on any atom is -0.445 e. The number of rotatable bonds is 8. The third-order valence-electron chi connectivity index (χ3n) is 3.04. The smallest absolute Gasteiger partial charge is 0.410 e. The topological polar surface area (TPSA) is 29.5 Å². The van der Waals surface area contributed by atoms with Crippen molar-refractivity contribution in [2.45, 2.75) is 29.6 Å². The number of nitrogens with zero attached hydrogens (tertiary/aromatic N) is 1. The highest BCUT2D eigenvalue weighted by Gasteiger charge is 2.24. The van der Waals surface area contributed by atoms with Crippen molar-refractivity contribution in [3.8, 4) is 0 Å². The van der Waals surface area contributed by atoms with Crippen LogP contribution in [0, 0.1) is 0 Å². The lowest BCUT2D eigenvalue weighted by molar-refractivity contribution is 0.101. The maximum absolute atomic E-state index is 12.3. The summed E-state index contributed by atoms with van der Waals surface area (Å²) in [6, 6.07) is 9.70. The summed E-state index contributed by atoms with van der Waals surface area (Å²) < 4.78 is 3.49. The first-order valence-corrected chi connectivity index (χ1v) is 9.49. The Kier molecular flexibility index (Phi) is 10.6. The molecular weight excluding hydrogens is 436 g/mol. The van der Waals surface area contributed by atoms with E-state index in [1.807, 2.05) is 36.4 Å². The van der Waals surface area contributed by atoms with Gasteiger partial charge in [-0.3, -0.25) is 0 Å². The fourth-order valence-electron chi connectivity index (χ4n) is 1.95. The molecule has 1 aromatic rings. The lowest BCUT2D eigenvalue weighted by atomic mass is 10.2. The van der Waals surface area contributed by atoms with Crippen LogP contribution >= 0.6 is 50.7 Å². The number of amides is 1. The Morgan fingerprint density at radius 3 is 2.58 bits per heavy atom. The first-order chi connectivity index (χ1) is 11.4. The minimum atomic E-state index is -1.61. The zero-order valence-corrected chi connectivity index (χ0v) is 16.9. The third kappa shape index (κ3) is 10.3. The second-order valence-electron chi connectivity index (χ2n) is 5.05. The summed E-state index contributed by atoms with van der Waals surface area (Å²) in [6.07, 6.45) is 4.13. The van der Waals surface area contributed by atoms with E-state index in [9.17, 15) is 4.79 Å². The molecule has 0 unspecified atom stereocenters. The van der Waals surface area contributed by atoms with Gasteiger partial charge in [0.1, 0.15) is 6.61 Å². The van der Waals surface area contributed by atoms with E-state index < -0.39 is 9.89 Å². The standard InChI is InChI=1S/C17H19BrCl3NO2/c18-11-7-2-1-3-8-12-22(13-15-9-5-4-6-10-15)16(23)24-14-17(19,20)21/h2,4-6,9-11H,1,3,8,12-14H2. The van der Waals surface area contributed by atoms with Crippen LogP contribution in [0.2, 0.25) is 0 Å². The SMILES string of the molecule is O=C(OCC(Cl)(Cl)Cl)N(CCCCC=C=CBr)Cc1ccccc1. The highest BCUT2D eigenvalue weighted by Crippen LogP contribution is 2.26. The number of ether oxygens (including phenoxy) is 1. The number of alkyl halides is 3. The van der Waals surface area contributed by atoms with Crippen LogP contribution < -0.4 is 0 Å². The van der Waals surface area contributed by atoms with Crippen molar-refractivity contribution in [2.24, 2.45) is 0 Å². The molecule has 0 aliphatic carbocycles. The molecule has 132 valence electrons. The summed E-state index contributed by atoms with van der Waals surface area (Å²) in [5.41, 5.74) is 3.97. The van der Waals surface area contributed by atoms with Gasteiger partial charge in [0.25, 0.3) is 0 Å². The van der Waals surface area contributed by atoms with Crippen LogP contribution in [0.15, 0.2) is 47.1 Å². The number of halogens is 4. The van der Waals surface area contributed by atoms with E-state index >= 15 is 0 Å². The molecule has 0 spiro atoms. The van der Waals surface area contributed by atoms with Gasteiger partial charge in [0.2, 0.25) is 3.79 Å². The fraction of sp³-hybridized carbons (Fsp3) is 0.412. The zero-order chi connectivity index (χ0) is 17.8.